The first-order chi connectivity index (χ1) is 12.9. The number of amides is 1. The van der Waals surface area contributed by atoms with Gasteiger partial charge < -0.3 is 10.1 Å². The second kappa shape index (κ2) is 8.23. The van der Waals surface area contributed by atoms with Crippen molar-refractivity contribution in [1.82, 2.24) is 4.98 Å². The van der Waals surface area contributed by atoms with Crippen molar-refractivity contribution in [3.63, 3.8) is 0 Å². The molecule has 27 heavy (non-hydrogen) atoms. The van der Waals surface area contributed by atoms with Crippen molar-refractivity contribution in [3.05, 3.63) is 58.0 Å². The first-order valence-corrected chi connectivity index (χ1v) is 9.20. The summed E-state index contributed by atoms with van der Waals surface area (Å²) in [5, 5.41) is 2.98. The van der Waals surface area contributed by atoms with Gasteiger partial charge in [0.15, 0.2) is 12.4 Å². The summed E-state index contributed by atoms with van der Waals surface area (Å²) in [7, 11) is 0. The molecule has 0 spiro atoms. The van der Waals surface area contributed by atoms with Gasteiger partial charge in [-0.3, -0.25) is 9.59 Å². The molecule has 0 saturated heterocycles. The summed E-state index contributed by atoms with van der Waals surface area (Å²) in [5.41, 5.74) is -0.341. The lowest BCUT2D eigenvalue weighted by Gasteiger charge is -2.27. The van der Waals surface area contributed by atoms with Crippen molar-refractivity contribution < 1.29 is 18.7 Å². The Hall–Kier alpha value is -2.18. The van der Waals surface area contributed by atoms with Gasteiger partial charge in [0.2, 0.25) is 0 Å². The van der Waals surface area contributed by atoms with E-state index in [9.17, 15) is 14.0 Å². The van der Waals surface area contributed by atoms with Gasteiger partial charge in [-0.1, -0.05) is 48.2 Å². The Kier molecular flexibility index (Phi) is 5.97. The number of pyridine rings is 1. The average molecular weight is 411 g/mol. The number of hydrogen-bond acceptors (Lipinski definition) is 4. The molecule has 1 heterocycles. The van der Waals surface area contributed by atoms with Gasteiger partial charge in [-0.05, 0) is 36.6 Å². The van der Waals surface area contributed by atoms with E-state index in [0.29, 0.717) is 23.4 Å². The number of ether oxygens (including phenoxy) is 1. The van der Waals surface area contributed by atoms with Crippen LogP contribution in [0.15, 0.2) is 36.5 Å². The molecule has 0 atom stereocenters. The van der Waals surface area contributed by atoms with E-state index in [1.54, 1.807) is 12.1 Å². The highest BCUT2D eigenvalue weighted by Crippen LogP contribution is 2.42. The number of anilines is 1. The molecule has 1 N–H and O–H groups in total. The molecular formula is C19H17Cl2FN2O3. The van der Waals surface area contributed by atoms with Gasteiger partial charge >= 0.3 is 5.97 Å². The van der Waals surface area contributed by atoms with E-state index in [1.165, 1.54) is 24.4 Å². The van der Waals surface area contributed by atoms with Crippen LogP contribution in [0.1, 0.15) is 31.2 Å². The number of halogens is 3. The Morgan fingerprint density at radius 1 is 1.22 bits per heavy atom. The van der Waals surface area contributed by atoms with Crippen LogP contribution in [0.4, 0.5) is 10.2 Å². The number of rotatable bonds is 5. The van der Waals surface area contributed by atoms with Crippen molar-refractivity contribution in [1.29, 1.82) is 0 Å². The molecule has 0 bridgehead atoms. The second-order valence-electron chi connectivity index (χ2n) is 6.41. The molecule has 5 nitrogen and oxygen atoms in total. The quantitative estimate of drug-likeness (QED) is 0.735. The van der Waals surface area contributed by atoms with Gasteiger partial charge in [0.1, 0.15) is 5.82 Å². The summed E-state index contributed by atoms with van der Waals surface area (Å²) in [4.78, 5) is 28.8. The maximum absolute atomic E-state index is 13.6. The van der Waals surface area contributed by atoms with Crippen molar-refractivity contribution in [2.75, 3.05) is 11.9 Å². The summed E-state index contributed by atoms with van der Waals surface area (Å²) in [6, 6.07) is 7.40. The average Bonchev–Trinajstić information content (AvgIpc) is 3.13. The highest BCUT2D eigenvalue weighted by Gasteiger charge is 2.44. The molecule has 0 aliphatic heterocycles. The first-order valence-electron chi connectivity index (χ1n) is 8.45. The predicted octanol–water partition coefficient (Wildman–Crippen LogP) is 4.52. The third-order valence-corrected chi connectivity index (χ3v) is 5.12. The SMILES string of the molecule is O=C(COC(=O)C1(c2cccc(F)c2)CCCC1)Nc1ncc(Cl)cc1Cl. The largest absolute Gasteiger partial charge is 0.455 e. The summed E-state index contributed by atoms with van der Waals surface area (Å²) >= 11 is 11.7. The number of esters is 1. The first kappa shape index (κ1) is 19.6. The van der Waals surface area contributed by atoms with Crippen LogP contribution in [-0.4, -0.2) is 23.5 Å². The van der Waals surface area contributed by atoms with Crippen LogP contribution in [0.2, 0.25) is 10.0 Å². The lowest BCUT2D eigenvalue weighted by molar-refractivity contribution is -0.153. The molecule has 1 fully saturated rings. The second-order valence-corrected chi connectivity index (χ2v) is 7.25. The van der Waals surface area contributed by atoms with E-state index in [4.69, 9.17) is 27.9 Å². The molecule has 1 aromatic heterocycles. The van der Waals surface area contributed by atoms with Gasteiger partial charge in [-0.25, -0.2) is 9.37 Å². The minimum absolute atomic E-state index is 0.128. The van der Waals surface area contributed by atoms with E-state index in [2.05, 4.69) is 10.3 Å². The van der Waals surface area contributed by atoms with Crippen LogP contribution in [0.3, 0.4) is 0 Å². The van der Waals surface area contributed by atoms with Crippen molar-refractivity contribution in [2.45, 2.75) is 31.1 Å². The number of nitrogens with zero attached hydrogens (tertiary/aromatic N) is 1. The lowest BCUT2D eigenvalue weighted by Crippen LogP contribution is -2.36. The van der Waals surface area contributed by atoms with Crippen molar-refractivity contribution >= 4 is 40.9 Å². The monoisotopic (exact) mass is 410 g/mol. The van der Waals surface area contributed by atoms with Crippen LogP contribution in [0.25, 0.3) is 0 Å². The Morgan fingerprint density at radius 3 is 2.63 bits per heavy atom. The number of aromatic nitrogens is 1. The van der Waals surface area contributed by atoms with Gasteiger partial charge in [-0.2, -0.15) is 0 Å². The minimum Gasteiger partial charge on any atom is -0.455 e. The molecule has 2 aromatic rings. The van der Waals surface area contributed by atoms with Crippen LogP contribution in [0, 0.1) is 5.82 Å². The predicted molar refractivity (Wildman–Crippen MR) is 100 cm³/mol. The molecule has 1 saturated carbocycles. The van der Waals surface area contributed by atoms with Crippen LogP contribution in [0.5, 0.6) is 0 Å². The van der Waals surface area contributed by atoms with E-state index in [0.717, 1.165) is 12.8 Å². The van der Waals surface area contributed by atoms with E-state index in [1.807, 2.05) is 0 Å². The minimum atomic E-state index is -0.918. The smallest absolute Gasteiger partial charge is 0.317 e. The molecule has 142 valence electrons. The standard InChI is InChI=1S/C19H17Cl2FN2O3/c20-13-9-15(21)17(23-10-13)24-16(25)11-27-18(26)19(6-1-2-7-19)12-4-3-5-14(22)8-12/h3-5,8-10H,1-2,6-7,11H2,(H,23,24,25). The zero-order valence-electron chi connectivity index (χ0n) is 14.3. The highest BCUT2D eigenvalue weighted by molar-refractivity contribution is 6.36. The summed E-state index contributed by atoms with van der Waals surface area (Å²) in [6.07, 6.45) is 4.12. The molecule has 0 unspecified atom stereocenters. The topological polar surface area (TPSA) is 68.3 Å². The van der Waals surface area contributed by atoms with Crippen molar-refractivity contribution in [2.24, 2.45) is 0 Å². The molecule has 1 aliphatic rings. The Labute approximate surface area is 165 Å². The van der Waals surface area contributed by atoms with Gasteiger partial charge in [0.25, 0.3) is 5.91 Å². The summed E-state index contributed by atoms with van der Waals surface area (Å²) in [5.74, 6) is -1.39. The number of benzene rings is 1. The molecule has 3 rings (SSSR count). The van der Waals surface area contributed by atoms with E-state index < -0.39 is 29.7 Å². The normalized spacial score (nSPS) is 15.4. The number of carbonyl (C=O) groups excluding carboxylic acids is 2. The fourth-order valence-corrected chi connectivity index (χ4v) is 3.75. The van der Waals surface area contributed by atoms with Gasteiger partial charge in [0, 0.05) is 6.20 Å². The van der Waals surface area contributed by atoms with Gasteiger partial charge in [-0.15, -0.1) is 0 Å². The van der Waals surface area contributed by atoms with Crippen LogP contribution in [-0.2, 0) is 19.7 Å². The van der Waals surface area contributed by atoms with E-state index in [-0.39, 0.29) is 10.8 Å². The molecular weight excluding hydrogens is 394 g/mol. The zero-order valence-corrected chi connectivity index (χ0v) is 15.8. The number of carbonyl (C=O) groups is 2. The van der Waals surface area contributed by atoms with Crippen LogP contribution < -0.4 is 5.32 Å². The molecule has 1 amide bonds. The van der Waals surface area contributed by atoms with Gasteiger partial charge in [0.05, 0.1) is 15.5 Å². The molecule has 1 aliphatic carbocycles. The summed E-state index contributed by atoms with van der Waals surface area (Å²) < 4.78 is 18.9. The molecule has 1 aromatic carbocycles. The number of nitrogens with one attached hydrogen (secondary N) is 1. The fourth-order valence-electron chi connectivity index (χ4n) is 3.32. The fraction of sp³-hybridized carbons (Fsp3) is 0.316. The highest BCUT2D eigenvalue weighted by atomic mass is 35.5. The third kappa shape index (κ3) is 4.39. The Balaban J connectivity index is 1.67. The number of hydrogen-bond donors (Lipinski definition) is 1. The lowest BCUT2D eigenvalue weighted by atomic mass is 9.79. The summed E-state index contributed by atoms with van der Waals surface area (Å²) in [6.45, 7) is -0.490. The van der Waals surface area contributed by atoms with Crippen molar-refractivity contribution in [3.8, 4) is 0 Å². The maximum atomic E-state index is 13.6. The zero-order chi connectivity index (χ0) is 19.4. The molecule has 8 heteroatoms. The van der Waals surface area contributed by atoms with Crippen LogP contribution >= 0.6 is 23.2 Å². The maximum Gasteiger partial charge on any atom is 0.317 e. The van der Waals surface area contributed by atoms with E-state index >= 15 is 0 Å². The third-order valence-electron chi connectivity index (χ3n) is 4.63. The molecule has 0 radical (unpaired) electrons. The Morgan fingerprint density at radius 2 is 1.96 bits per heavy atom. The Bertz CT molecular complexity index is 870.